The minimum absolute atomic E-state index is 0.0880. The number of unbranched alkanes of at least 4 members (excludes halogenated alkanes) is 12. The van der Waals surface area contributed by atoms with E-state index >= 15 is 0 Å². The van der Waals surface area contributed by atoms with E-state index in [1.165, 1.54) is 6.42 Å². The fourth-order valence-corrected chi connectivity index (χ4v) is 5.97. The summed E-state index contributed by atoms with van der Waals surface area (Å²) >= 11 is 0. The van der Waals surface area contributed by atoms with Crippen LogP contribution < -0.4 is 0 Å². The average molecular weight is 683 g/mol. The quantitative estimate of drug-likeness (QED) is 0.0330. The molecule has 0 radical (unpaired) electrons. The minimum Gasteiger partial charge on any atom is -0.462 e. The maximum Gasteiger partial charge on any atom is 0.472 e. The average Bonchev–Trinajstić information content (AvgIpc) is 3.03. The summed E-state index contributed by atoms with van der Waals surface area (Å²) in [6, 6.07) is 0. The van der Waals surface area contributed by atoms with Crippen LogP contribution in [0.15, 0.2) is 12.2 Å². The van der Waals surface area contributed by atoms with Gasteiger partial charge < -0.3 is 39.9 Å². The van der Waals surface area contributed by atoms with E-state index in [1.54, 1.807) is 0 Å². The van der Waals surface area contributed by atoms with Crippen LogP contribution in [0.2, 0.25) is 0 Å². The lowest BCUT2D eigenvalue weighted by Crippen LogP contribution is -2.64. The second-order valence-corrected chi connectivity index (χ2v) is 13.4. The Morgan fingerprint density at radius 2 is 1.15 bits per heavy atom. The van der Waals surface area contributed by atoms with E-state index < -0.39 is 75.7 Å². The number of aliphatic hydroxyl groups is 5. The molecular formula is C32H59O13P. The molecule has 0 aromatic carbocycles. The van der Waals surface area contributed by atoms with Crippen LogP contribution in [0.5, 0.6) is 0 Å². The van der Waals surface area contributed by atoms with Gasteiger partial charge in [0, 0.05) is 12.8 Å². The Bertz CT molecular complexity index is 885. The summed E-state index contributed by atoms with van der Waals surface area (Å²) in [6.07, 6.45) is 6.29. The molecule has 0 amide bonds. The highest BCUT2D eigenvalue weighted by Crippen LogP contribution is 2.47. The van der Waals surface area contributed by atoms with Crippen LogP contribution in [-0.4, -0.2) is 98.3 Å². The van der Waals surface area contributed by atoms with Crippen LogP contribution in [0.4, 0.5) is 0 Å². The third kappa shape index (κ3) is 18.2. The molecule has 6 unspecified atom stereocenters. The van der Waals surface area contributed by atoms with Gasteiger partial charge in [0.25, 0.3) is 0 Å². The molecule has 0 aliphatic heterocycles. The molecule has 0 aromatic rings. The van der Waals surface area contributed by atoms with E-state index in [2.05, 4.69) is 26.0 Å². The van der Waals surface area contributed by atoms with E-state index in [1.807, 2.05) is 0 Å². The summed E-state index contributed by atoms with van der Waals surface area (Å²) in [4.78, 5) is 35.1. The van der Waals surface area contributed by atoms with Gasteiger partial charge in [0.15, 0.2) is 6.10 Å². The Morgan fingerprint density at radius 1 is 0.652 bits per heavy atom. The van der Waals surface area contributed by atoms with Crippen LogP contribution in [0.25, 0.3) is 0 Å². The highest BCUT2D eigenvalue weighted by atomic mass is 31.2. The largest absolute Gasteiger partial charge is 0.472 e. The number of ether oxygens (including phenoxy) is 2. The molecule has 0 saturated heterocycles. The molecule has 0 spiro atoms. The van der Waals surface area contributed by atoms with Crippen molar-refractivity contribution in [3.63, 3.8) is 0 Å². The van der Waals surface area contributed by atoms with Gasteiger partial charge in [-0.25, -0.2) is 4.57 Å². The molecule has 1 aliphatic carbocycles. The third-order valence-corrected chi connectivity index (χ3v) is 8.82. The second kappa shape index (κ2) is 24.7. The molecule has 46 heavy (non-hydrogen) atoms. The molecular weight excluding hydrogens is 623 g/mol. The molecule has 0 heterocycles. The summed E-state index contributed by atoms with van der Waals surface area (Å²) in [6.45, 7) is 3.10. The topological polar surface area (TPSA) is 210 Å². The van der Waals surface area contributed by atoms with Crippen molar-refractivity contribution in [3.05, 3.63) is 12.2 Å². The molecule has 0 aromatic heterocycles. The zero-order valence-electron chi connectivity index (χ0n) is 27.6. The number of esters is 2. The second-order valence-electron chi connectivity index (χ2n) is 12.0. The Hall–Kier alpha value is -1.41. The number of hydrogen-bond acceptors (Lipinski definition) is 12. The zero-order valence-corrected chi connectivity index (χ0v) is 28.5. The number of rotatable bonds is 26. The number of hydrogen-bond donors (Lipinski definition) is 6. The standard InChI is InChI=1S/C32H59O13P/c1-3-5-7-9-11-12-13-15-17-19-21-26(34)44-24(22-42-25(33)20-18-16-14-10-8-6-4-2)23-43-46(40,41)45-32-30(38)28(36)27(35)29(37)31(32)39/h7,9,24,27-32,35-39H,3-6,8,10-23H2,1-2H3,(H,40,41)/b9-7-. The van der Waals surface area contributed by atoms with Crippen molar-refractivity contribution in [2.24, 2.45) is 0 Å². The van der Waals surface area contributed by atoms with Crippen LogP contribution in [0, 0.1) is 0 Å². The highest BCUT2D eigenvalue weighted by Gasteiger charge is 2.51. The lowest BCUT2D eigenvalue weighted by molar-refractivity contribution is -0.220. The van der Waals surface area contributed by atoms with E-state index in [4.69, 9.17) is 18.5 Å². The van der Waals surface area contributed by atoms with E-state index in [0.29, 0.717) is 12.8 Å². The van der Waals surface area contributed by atoms with Gasteiger partial charge in [-0.1, -0.05) is 90.2 Å². The van der Waals surface area contributed by atoms with Crippen LogP contribution in [0.3, 0.4) is 0 Å². The normalized spacial score (nSPS) is 25.3. The van der Waals surface area contributed by atoms with Gasteiger partial charge in [-0.15, -0.1) is 0 Å². The lowest BCUT2D eigenvalue weighted by Gasteiger charge is -2.41. The van der Waals surface area contributed by atoms with Gasteiger partial charge in [0.05, 0.1) is 6.61 Å². The van der Waals surface area contributed by atoms with Crippen LogP contribution in [0.1, 0.15) is 123 Å². The van der Waals surface area contributed by atoms with Crippen molar-refractivity contribution < 1.29 is 63.1 Å². The molecule has 1 rings (SSSR count). The summed E-state index contributed by atoms with van der Waals surface area (Å²) in [5.74, 6) is -1.12. The fourth-order valence-electron chi connectivity index (χ4n) is 4.99. The molecule has 1 aliphatic rings. The molecule has 14 heteroatoms. The van der Waals surface area contributed by atoms with Crippen molar-refractivity contribution in [1.29, 1.82) is 0 Å². The highest BCUT2D eigenvalue weighted by molar-refractivity contribution is 7.47. The van der Waals surface area contributed by atoms with Gasteiger partial charge in [0.2, 0.25) is 0 Å². The molecule has 1 saturated carbocycles. The van der Waals surface area contributed by atoms with Gasteiger partial charge in [-0.2, -0.15) is 0 Å². The van der Waals surface area contributed by atoms with E-state index in [0.717, 1.165) is 77.0 Å². The fraction of sp³-hybridized carbons (Fsp3) is 0.875. The molecule has 0 bridgehead atoms. The van der Waals surface area contributed by atoms with Gasteiger partial charge >= 0.3 is 19.8 Å². The lowest BCUT2D eigenvalue weighted by atomic mass is 9.85. The van der Waals surface area contributed by atoms with E-state index in [-0.39, 0.29) is 12.8 Å². The SMILES string of the molecule is CCC/C=C\CCCCCCCC(=O)OC(COC(=O)CCCCCCCCC)COP(=O)(O)OC1C(O)C(O)C(O)C(O)C1O. The Morgan fingerprint density at radius 3 is 1.74 bits per heavy atom. The van der Waals surface area contributed by atoms with Crippen LogP contribution >= 0.6 is 7.82 Å². The molecule has 270 valence electrons. The predicted molar refractivity (Wildman–Crippen MR) is 171 cm³/mol. The number of phosphoric acid groups is 1. The predicted octanol–water partition coefficient (Wildman–Crippen LogP) is 3.99. The summed E-state index contributed by atoms with van der Waals surface area (Å²) in [7, 11) is -5.09. The maximum absolute atomic E-state index is 12.6. The smallest absolute Gasteiger partial charge is 0.462 e. The maximum atomic E-state index is 12.6. The summed E-state index contributed by atoms with van der Waals surface area (Å²) < 4.78 is 33.1. The first-order valence-corrected chi connectivity index (χ1v) is 18.5. The monoisotopic (exact) mass is 682 g/mol. The number of aliphatic hydroxyl groups excluding tert-OH is 5. The Balaban J connectivity index is 2.62. The van der Waals surface area contributed by atoms with E-state index in [9.17, 15) is 44.6 Å². The van der Waals surface area contributed by atoms with Gasteiger partial charge in [-0.05, 0) is 32.1 Å². The van der Waals surface area contributed by atoms with Gasteiger partial charge in [0.1, 0.15) is 43.2 Å². The van der Waals surface area contributed by atoms with Crippen molar-refractivity contribution in [2.75, 3.05) is 13.2 Å². The Kier molecular flexibility index (Phi) is 22.9. The van der Waals surface area contributed by atoms with Crippen molar-refractivity contribution >= 4 is 19.8 Å². The van der Waals surface area contributed by atoms with Crippen molar-refractivity contribution in [2.45, 2.75) is 166 Å². The number of allylic oxidation sites excluding steroid dienone is 2. The van der Waals surface area contributed by atoms with Crippen molar-refractivity contribution in [3.8, 4) is 0 Å². The molecule has 1 fully saturated rings. The van der Waals surface area contributed by atoms with Crippen molar-refractivity contribution in [1.82, 2.24) is 0 Å². The first-order valence-electron chi connectivity index (χ1n) is 17.0. The molecule has 13 nitrogen and oxygen atoms in total. The first-order chi connectivity index (χ1) is 21.9. The first kappa shape index (κ1) is 42.6. The van der Waals surface area contributed by atoms with Gasteiger partial charge in [-0.3, -0.25) is 18.6 Å². The third-order valence-electron chi connectivity index (χ3n) is 7.84. The summed E-state index contributed by atoms with van der Waals surface area (Å²) in [5.41, 5.74) is 0. The van der Waals surface area contributed by atoms with Crippen LogP contribution in [-0.2, 0) is 32.7 Å². The number of carbonyl (C=O) groups excluding carboxylic acids is 2. The number of phosphoric ester groups is 1. The number of carbonyl (C=O) groups is 2. The molecule has 6 atom stereocenters. The molecule has 6 N–H and O–H groups in total. The zero-order chi connectivity index (χ0) is 34.4. The minimum atomic E-state index is -5.09. The summed E-state index contributed by atoms with van der Waals surface area (Å²) in [5, 5.41) is 49.7. The Labute approximate surface area is 273 Å².